The maximum atomic E-state index is 11.7. The fraction of sp³-hybridized carbons (Fsp3) is 0.333. The Morgan fingerprint density at radius 1 is 1.45 bits per heavy atom. The van der Waals surface area contributed by atoms with Crippen LogP contribution in [0.25, 0.3) is 11.2 Å². The third kappa shape index (κ3) is 2.68. The van der Waals surface area contributed by atoms with E-state index in [0.717, 1.165) is 0 Å². The molecule has 2 aromatic rings. The number of Topliss-reactive ketones (excluding diaryl/α,β-unsaturated/α-hetero) is 2. The monoisotopic (exact) mass is 274 g/mol. The van der Waals surface area contributed by atoms with Crippen molar-refractivity contribution in [3.63, 3.8) is 0 Å². The number of aromatic nitrogens is 4. The van der Waals surface area contributed by atoms with E-state index in [4.69, 9.17) is 5.41 Å². The van der Waals surface area contributed by atoms with E-state index in [9.17, 15) is 9.59 Å². The molecule has 0 aliphatic rings. The van der Waals surface area contributed by atoms with Crippen molar-refractivity contribution in [1.29, 1.82) is 5.41 Å². The quantitative estimate of drug-likeness (QED) is 0.734. The van der Waals surface area contributed by atoms with Crippen molar-refractivity contribution in [2.45, 2.75) is 19.4 Å². The summed E-state index contributed by atoms with van der Waals surface area (Å²) < 4.78 is 1.72. The largest absolute Gasteiger partial charge is 0.357 e. The number of nitrogens with zero attached hydrogens (tertiary/aromatic N) is 4. The molecule has 2 rings (SSSR count). The molecule has 0 aliphatic carbocycles. The molecular formula is C12H14N6O2. The molecule has 0 radical (unpaired) electrons. The van der Waals surface area contributed by atoms with Gasteiger partial charge in [0, 0.05) is 13.5 Å². The molecule has 1 unspecified atom stereocenters. The number of hydrogen-bond acceptors (Lipinski definition) is 7. The second kappa shape index (κ2) is 5.55. The zero-order valence-electron chi connectivity index (χ0n) is 11.1. The summed E-state index contributed by atoms with van der Waals surface area (Å²) in [5, 5.41) is 9.91. The molecule has 0 saturated carbocycles. The average Bonchev–Trinajstić information content (AvgIpc) is 2.79. The Morgan fingerprint density at radius 3 is 2.85 bits per heavy atom. The molecule has 2 heterocycles. The Labute approximate surface area is 114 Å². The van der Waals surface area contributed by atoms with Gasteiger partial charge in [0.15, 0.2) is 17.2 Å². The summed E-state index contributed by atoms with van der Waals surface area (Å²) in [4.78, 5) is 35.2. The number of hydrogen-bond donors (Lipinski definition) is 2. The minimum Gasteiger partial charge on any atom is -0.357 e. The predicted molar refractivity (Wildman–Crippen MR) is 72.8 cm³/mol. The van der Waals surface area contributed by atoms with Gasteiger partial charge in [0.1, 0.15) is 17.6 Å². The van der Waals surface area contributed by atoms with Crippen LogP contribution in [0.1, 0.15) is 13.3 Å². The molecule has 0 aliphatic heterocycles. The van der Waals surface area contributed by atoms with Gasteiger partial charge >= 0.3 is 0 Å². The van der Waals surface area contributed by atoms with Crippen LogP contribution in [0.3, 0.4) is 0 Å². The Hall–Kier alpha value is -2.64. The van der Waals surface area contributed by atoms with Crippen molar-refractivity contribution in [2.75, 3.05) is 5.32 Å². The van der Waals surface area contributed by atoms with E-state index in [1.807, 2.05) is 0 Å². The SMILES string of the molecule is CC(=O)CC(Nc1ncnc2c1ncn2C)C(=O)C=N. The molecule has 0 amide bonds. The first-order valence-electron chi connectivity index (χ1n) is 5.95. The first-order chi connectivity index (χ1) is 9.52. The minimum absolute atomic E-state index is 0.00740. The number of carbonyl (C=O) groups excluding carboxylic acids is 2. The maximum Gasteiger partial charge on any atom is 0.195 e. The van der Waals surface area contributed by atoms with Gasteiger partial charge in [-0.05, 0) is 6.92 Å². The maximum absolute atomic E-state index is 11.7. The van der Waals surface area contributed by atoms with E-state index in [-0.39, 0.29) is 12.2 Å². The molecule has 0 saturated heterocycles. The van der Waals surface area contributed by atoms with Crippen LogP contribution in [0.5, 0.6) is 0 Å². The summed E-state index contributed by atoms with van der Waals surface area (Å²) in [7, 11) is 1.79. The normalized spacial score (nSPS) is 12.1. The Balaban J connectivity index is 2.35. The van der Waals surface area contributed by atoms with Crippen molar-refractivity contribution in [1.82, 2.24) is 19.5 Å². The Kier molecular flexibility index (Phi) is 3.83. The summed E-state index contributed by atoms with van der Waals surface area (Å²) in [5.41, 5.74) is 1.13. The van der Waals surface area contributed by atoms with Crippen molar-refractivity contribution < 1.29 is 9.59 Å². The zero-order valence-corrected chi connectivity index (χ0v) is 11.1. The van der Waals surface area contributed by atoms with Crippen LogP contribution in [-0.4, -0.2) is 43.3 Å². The van der Waals surface area contributed by atoms with Crippen molar-refractivity contribution in [2.24, 2.45) is 7.05 Å². The summed E-state index contributed by atoms with van der Waals surface area (Å²) in [5.74, 6) is -0.260. The zero-order chi connectivity index (χ0) is 14.7. The number of ketones is 2. The van der Waals surface area contributed by atoms with Gasteiger partial charge in [0.05, 0.1) is 18.6 Å². The first-order valence-corrected chi connectivity index (χ1v) is 5.95. The fourth-order valence-corrected chi connectivity index (χ4v) is 1.83. The van der Waals surface area contributed by atoms with E-state index in [1.54, 1.807) is 17.9 Å². The number of rotatable bonds is 6. The van der Waals surface area contributed by atoms with Gasteiger partial charge in [0.2, 0.25) is 0 Å². The van der Waals surface area contributed by atoms with Gasteiger partial charge < -0.3 is 15.3 Å². The number of aryl methyl sites for hydroxylation is 1. The molecule has 0 bridgehead atoms. The summed E-state index contributed by atoms with van der Waals surface area (Å²) in [6.07, 6.45) is 3.62. The molecule has 0 fully saturated rings. The second-order valence-corrected chi connectivity index (χ2v) is 4.40. The third-order valence-electron chi connectivity index (χ3n) is 2.79. The van der Waals surface area contributed by atoms with E-state index >= 15 is 0 Å². The van der Waals surface area contributed by atoms with Gasteiger partial charge in [-0.3, -0.25) is 9.59 Å². The van der Waals surface area contributed by atoms with E-state index in [2.05, 4.69) is 20.3 Å². The van der Waals surface area contributed by atoms with Crippen LogP contribution in [-0.2, 0) is 16.6 Å². The van der Waals surface area contributed by atoms with Gasteiger partial charge in [-0.2, -0.15) is 0 Å². The number of fused-ring (bicyclic) bond motifs is 1. The Bertz CT molecular complexity index is 678. The number of anilines is 1. The van der Waals surface area contributed by atoms with Crippen LogP contribution in [0.4, 0.5) is 5.82 Å². The van der Waals surface area contributed by atoms with Crippen LogP contribution in [0.2, 0.25) is 0 Å². The molecule has 2 N–H and O–H groups in total. The fourth-order valence-electron chi connectivity index (χ4n) is 1.83. The number of nitrogens with one attached hydrogen (secondary N) is 2. The number of imidazole rings is 1. The molecule has 0 aromatic carbocycles. The molecule has 104 valence electrons. The standard InChI is InChI=1S/C12H14N6O2/c1-7(19)3-8(9(20)4-13)17-11-10-12(15-5-14-11)18(2)6-16-10/h4-6,8,13H,3H2,1-2H3,(H,14,15,17). The lowest BCUT2D eigenvalue weighted by Gasteiger charge is -2.14. The van der Waals surface area contributed by atoms with E-state index in [0.29, 0.717) is 23.2 Å². The van der Waals surface area contributed by atoms with Crippen LogP contribution >= 0.6 is 0 Å². The van der Waals surface area contributed by atoms with Gasteiger partial charge in [0.25, 0.3) is 0 Å². The molecule has 0 spiro atoms. The van der Waals surface area contributed by atoms with E-state index < -0.39 is 11.8 Å². The predicted octanol–water partition coefficient (Wildman–Crippen LogP) is 0.342. The molecule has 2 aromatic heterocycles. The van der Waals surface area contributed by atoms with Crippen LogP contribution in [0, 0.1) is 5.41 Å². The first kappa shape index (κ1) is 13.8. The minimum atomic E-state index is -0.815. The number of carbonyl (C=O) groups is 2. The molecule has 8 heteroatoms. The molecular weight excluding hydrogens is 260 g/mol. The summed E-state index contributed by atoms with van der Waals surface area (Å²) in [6.45, 7) is 1.39. The van der Waals surface area contributed by atoms with Crippen LogP contribution in [0.15, 0.2) is 12.7 Å². The highest BCUT2D eigenvalue weighted by molar-refractivity contribution is 6.29. The van der Waals surface area contributed by atoms with Crippen molar-refractivity contribution in [3.8, 4) is 0 Å². The highest BCUT2D eigenvalue weighted by atomic mass is 16.1. The highest BCUT2D eigenvalue weighted by Gasteiger charge is 2.20. The molecule has 8 nitrogen and oxygen atoms in total. The second-order valence-electron chi connectivity index (χ2n) is 4.40. The van der Waals surface area contributed by atoms with Gasteiger partial charge in [-0.1, -0.05) is 0 Å². The lowest BCUT2D eigenvalue weighted by atomic mass is 10.1. The van der Waals surface area contributed by atoms with Gasteiger partial charge in [-0.15, -0.1) is 0 Å². The topological polar surface area (TPSA) is 114 Å². The Morgan fingerprint density at radius 2 is 2.20 bits per heavy atom. The lowest BCUT2D eigenvalue weighted by molar-refractivity contribution is -0.120. The van der Waals surface area contributed by atoms with E-state index in [1.165, 1.54) is 13.3 Å². The van der Waals surface area contributed by atoms with Crippen LogP contribution < -0.4 is 5.32 Å². The molecule has 1 atom stereocenters. The summed E-state index contributed by atoms with van der Waals surface area (Å²) in [6, 6.07) is -0.815. The smallest absolute Gasteiger partial charge is 0.195 e. The lowest BCUT2D eigenvalue weighted by Crippen LogP contribution is -2.32. The summed E-state index contributed by atoms with van der Waals surface area (Å²) >= 11 is 0. The third-order valence-corrected chi connectivity index (χ3v) is 2.79. The van der Waals surface area contributed by atoms with Crippen molar-refractivity contribution in [3.05, 3.63) is 12.7 Å². The van der Waals surface area contributed by atoms with Gasteiger partial charge in [-0.25, -0.2) is 15.0 Å². The highest BCUT2D eigenvalue weighted by Crippen LogP contribution is 2.18. The molecule has 20 heavy (non-hydrogen) atoms. The van der Waals surface area contributed by atoms with Crippen molar-refractivity contribution >= 4 is 34.8 Å². The average molecular weight is 274 g/mol.